The van der Waals surface area contributed by atoms with Gasteiger partial charge in [0.25, 0.3) is 11.8 Å². The minimum Gasteiger partial charge on any atom is -0.271 e. The van der Waals surface area contributed by atoms with E-state index < -0.39 is 11.3 Å². The van der Waals surface area contributed by atoms with Gasteiger partial charge in [-0.2, -0.15) is 11.3 Å². The third-order valence-electron chi connectivity index (χ3n) is 5.35. The van der Waals surface area contributed by atoms with Crippen molar-refractivity contribution in [2.75, 3.05) is 0 Å². The van der Waals surface area contributed by atoms with Gasteiger partial charge >= 0.3 is 0 Å². The number of aromatic nitrogens is 1. The van der Waals surface area contributed by atoms with Crippen molar-refractivity contribution < 1.29 is 9.59 Å². The number of amides is 2. The van der Waals surface area contributed by atoms with Crippen LogP contribution in [0, 0.1) is 0 Å². The van der Waals surface area contributed by atoms with E-state index in [1.807, 2.05) is 77.6 Å². The topological polar surface area (TPSA) is 62.3 Å². The Kier molecular flexibility index (Phi) is 6.17. The standard InChI is InChI=1S/C25H18ClN3O2S2/c26-20-5-1-2-6-21(20)33-23-24(30)28-29(25(23)31)22(19-11-13-32-15-19)17-9-7-16(8-10-17)18-4-3-12-27-14-18/h1-15,22-23H,(H,28,30). The molecule has 1 aliphatic rings. The second kappa shape index (κ2) is 9.39. The summed E-state index contributed by atoms with van der Waals surface area (Å²) < 4.78 is 0. The number of nitrogens with zero attached hydrogens (tertiary/aromatic N) is 2. The lowest BCUT2D eigenvalue weighted by atomic mass is 9.97. The molecule has 2 unspecified atom stereocenters. The van der Waals surface area contributed by atoms with Gasteiger partial charge in [-0.1, -0.05) is 54.1 Å². The number of carbonyl (C=O) groups is 2. The van der Waals surface area contributed by atoms with Crippen LogP contribution in [0.4, 0.5) is 0 Å². The van der Waals surface area contributed by atoms with Gasteiger partial charge in [-0.3, -0.25) is 20.0 Å². The number of nitrogens with one attached hydrogen (secondary N) is 1. The SMILES string of the molecule is O=C1NN(C(c2ccc(-c3cccnc3)cc2)c2ccsc2)C(=O)C1Sc1ccccc1Cl. The summed E-state index contributed by atoms with van der Waals surface area (Å²) in [6.45, 7) is 0. The molecule has 0 spiro atoms. The molecule has 1 N–H and O–H groups in total. The largest absolute Gasteiger partial charge is 0.271 e. The van der Waals surface area contributed by atoms with Crippen molar-refractivity contribution in [1.82, 2.24) is 15.4 Å². The summed E-state index contributed by atoms with van der Waals surface area (Å²) in [5.74, 6) is -0.644. The molecule has 2 amide bonds. The zero-order valence-electron chi connectivity index (χ0n) is 17.2. The van der Waals surface area contributed by atoms with Crippen molar-refractivity contribution in [1.29, 1.82) is 0 Å². The van der Waals surface area contributed by atoms with E-state index in [0.29, 0.717) is 9.92 Å². The quantitative estimate of drug-likeness (QED) is 0.357. The van der Waals surface area contributed by atoms with Gasteiger partial charge in [0, 0.05) is 17.3 Å². The molecule has 2 atom stereocenters. The summed E-state index contributed by atoms with van der Waals surface area (Å²) in [5, 5.41) is 5.01. The Morgan fingerprint density at radius 1 is 0.970 bits per heavy atom. The van der Waals surface area contributed by atoms with Gasteiger partial charge < -0.3 is 0 Å². The van der Waals surface area contributed by atoms with E-state index in [1.54, 1.807) is 23.6 Å². The number of rotatable bonds is 6. The molecular formula is C25H18ClN3O2S2. The normalized spacial score (nSPS) is 16.6. The van der Waals surface area contributed by atoms with Gasteiger partial charge in [-0.05, 0) is 57.3 Å². The fourth-order valence-electron chi connectivity index (χ4n) is 3.75. The molecule has 164 valence electrons. The summed E-state index contributed by atoms with van der Waals surface area (Å²) in [7, 11) is 0. The molecule has 2 aromatic carbocycles. The zero-order valence-corrected chi connectivity index (χ0v) is 19.6. The minimum atomic E-state index is -0.902. The number of thiophene rings is 1. The van der Waals surface area contributed by atoms with Gasteiger partial charge in [0.2, 0.25) is 0 Å². The molecule has 0 saturated carbocycles. The van der Waals surface area contributed by atoms with Crippen molar-refractivity contribution in [2.24, 2.45) is 0 Å². The average Bonchev–Trinajstić information content (AvgIpc) is 3.46. The van der Waals surface area contributed by atoms with Gasteiger partial charge in [0.1, 0.15) is 6.04 Å². The first kappa shape index (κ1) is 21.7. The molecule has 5 rings (SSSR count). The second-order valence-corrected chi connectivity index (χ2v) is 9.77. The number of hydrogen-bond donors (Lipinski definition) is 1. The van der Waals surface area contributed by atoms with E-state index in [4.69, 9.17) is 11.6 Å². The molecule has 1 fully saturated rings. The first-order valence-corrected chi connectivity index (χ1v) is 12.4. The third-order valence-corrected chi connectivity index (χ3v) is 7.75. The predicted molar refractivity (Wildman–Crippen MR) is 132 cm³/mol. The summed E-state index contributed by atoms with van der Waals surface area (Å²) >= 11 is 8.97. The van der Waals surface area contributed by atoms with Crippen molar-refractivity contribution in [2.45, 2.75) is 16.2 Å². The molecule has 0 radical (unpaired) electrons. The Balaban J connectivity index is 1.46. The van der Waals surface area contributed by atoms with E-state index in [0.717, 1.165) is 22.3 Å². The molecule has 8 heteroatoms. The zero-order chi connectivity index (χ0) is 22.8. The van der Waals surface area contributed by atoms with Crippen molar-refractivity contribution in [3.05, 3.63) is 106 Å². The molecule has 33 heavy (non-hydrogen) atoms. The molecule has 1 aliphatic heterocycles. The highest BCUT2D eigenvalue weighted by Crippen LogP contribution is 2.37. The van der Waals surface area contributed by atoms with Crippen LogP contribution in [0.1, 0.15) is 17.2 Å². The number of thioether (sulfide) groups is 1. The monoisotopic (exact) mass is 491 g/mol. The summed E-state index contributed by atoms with van der Waals surface area (Å²) in [6.07, 6.45) is 3.55. The Hall–Kier alpha value is -3.13. The van der Waals surface area contributed by atoms with Crippen LogP contribution in [0.5, 0.6) is 0 Å². The lowest BCUT2D eigenvalue weighted by molar-refractivity contribution is -0.131. The lowest BCUT2D eigenvalue weighted by Gasteiger charge is -2.27. The molecule has 4 aromatic rings. The van der Waals surface area contributed by atoms with Crippen LogP contribution in [0.3, 0.4) is 0 Å². The Morgan fingerprint density at radius 2 is 1.79 bits per heavy atom. The van der Waals surface area contributed by atoms with Crippen LogP contribution in [0.2, 0.25) is 5.02 Å². The fourth-order valence-corrected chi connectivity index (χ4v) is 5.66. The first-order chi connectivity index (χ1) is 16.1. The van der Waals surface area contributed by atoms with E-state index >= 15 is 0 Å². The van der Waals surface area contributed by atoms with Crippen LogP contribution in [0.25, 0.3) is 11.1 Å². The maximum atomic E-state index is 13.4. The number of pyridine rings is 1. The smallest absolute Gasteiger partial charge is 0.265 e. The number of carbonyl (C=O) groups excluding carboxylic acids is 2. The van der Waals surface area contributed by atoms with Crippen LogP contribution >= 0.6 is 34.7 Å². The predicted octanol–water partition coefficient (Wildman–Crippen LogP) is 5.59. The lowest BCUT2D eigenvalue weighted by Crippen LogP contribution is -2.39. The van der Waals surface area contributed by atoms with Crippen molar-refractivity contribution in [3.8, 4) is 11.1 Å². The first-order valence-electron chi connectivity index (χ1n) is 10.2. The van der Waals surface area contributed by atoms with E-state index in [9.17, 15) is 9.59 Å². The van der Waals surface area contributed by atoms with Crippen LogP contribution in [-0.2, 0) is 9.59 Å². The molecular weight excluding hydrogens is 474 g/mol. The minimum absolute atomic E-state index is 0.294. The number of halogens is 1. The number of benzene rings is 2. The van der Waals surface area contributed by atoms with Crippen molar-refractivity contribution >= 4 is 46.5 Å². The fraction of sp³-hybridized carbons (Fsp3) is 0.0800. The number of hydrazine groups is 1. The summed E-state index contributed by atoms with van der Waals surface area (Å²) in [6, 6.07) is 20.6. The third kappa shape index (κ3) is 4.39. The van der Waals surface area contributed by atoms with Crippen molar-refractivity contribution in [3.63, 3.8) is 0 Å². The number of hydrogen-bond acceptors (Lipinski definition) is 5. The molecule has 0 bridgehead atoms. The Bertz CT molecular complexity index is 1280. The molecule has 1 saturated heterocycles. The van der Waals surface area contributed by atoms with Crippen LogP contribution in [0.15, 0.2) is 94.8 Å². The van der Waals surface area contributed by atoms with Gasteiger partial charge in [-0.15, -0.1) is 11.8 Å². The highest BCUT2D eigenvalue weighted by atomic mass is 35.5. The van der Waals surface area contributed by atoms with E-state index in [1.165, 1.54) is 16.8 Å². The Labute approximate surface area is 204 Å². The highest BCUT2D eigenvalue weighted by molar-refractivity contribution is 8.01. The highest BCUT2D eigenvalue weighted by Gasteiger charge is 2.44. The van der Waals surface area contributed by atoms with Crippen LogP contribution in [-0.4, -0.2) is 27.1 Å². The van der Waals surface area contributed by atoms with E-state index in [-0.39, 0.29) is 11.8 Å². The van der Waals surface area contributed by atoms with Gasteiger partial charge in [0.05, 0.1) is 5.02 Å². The summed E-state index contributed by atoms with van der Waals surface area (Å²) in [4.78, 5) is 31.1. The molecule has 0 aliphatic carbocycles. The summed E-state index contributed by atoms with van der Waals surface area (Å²) in [5.41, 5.74) is 6.68. The maximum absolute atomic E-state index is 13.4. The van der Waals surface area contributed by atoms with E-state index in [2.05, 4.69) is 10.4 Å². The molecule has 3 heterocycles. The maximum Gasteiger partial charge on any atom is 0.265 e. The second-order valence-electron chi connectivity index (χ2n) is 7.44. The van der Waals surface area contributed by atoms with Crippen LogP contribution < -0.4 is 5.43 Å². The Morgan fingerprint density at radius 3 is 2.48 bits per heavy atom. The average molecular weight is 492 g/mol. The van der Waals surface area contributed by atoms with Gasteiger partial charge in [-0.25, -0.2) is 5.01 Å². The molecule has 5 nitrogen and oxygen atoms in total. The van der Waals surface area contributed by atoms with Gasteiger partial charge in [0.15, 0.2) is 5.25 Å². The molecule has 2 aromatic heterocycles.